The van der Waals surface area contributed by atoms with Crippen molar-refractivity contribution in [3.63, 3.8) is 0 Å². The minimum atomic E-state index is -0.325. The lowest BCUT2D eigenvalue weighted by atomic mass is 9.74. The first-order valence-corrected chi connectivity index (χ1v) is 12.0. The molecule has 0 saturated carbocycles. The number of ketones is 1. The summed E-state index contributed by atoms with van der Waals surface area (Å²) in [6.45, 7) is 4.71. The van der Waals surface area contributed by atoms with Gasteiger partial charge in [-0.3, -0.25) is 9.59 Å². The van der Waals surface area contributed by atoms with Gasteiger partial charge >= 0.3 is 0 Å². The minimum absolute atomic E-state index is 0.118. The lowest BCUT2D eigenvalue weighted by Gasteiger charge is -2.37. The maximum atomic E-state index is 13.5. The molecule has 2 aliphatic rings. The molecule has 5 rings (SSSR count). The second kappa shape index (κ2) is 8.56. The van der Waals surface area contributed by atoms with Crippen molar-refractivity contribution >= 4 is 34.4 Å². The molecule has 1 atom stereocenters. The van der Waals surface area contributed by atoms with Crippen molar-refractivity contribution < 1.29 is 14.0 Å². The topological polar surface area (TPSA) is 74.6 Å². The van der Waals surface area contributed by atoms with Crippen LogP contribution in [0.1, 0.15) is 43.4 Å². The van der Waals surface area contributed by atoms with Crippen molar-refractivity contribution in [2.45, 2.75) is 39.3 Å². The van der Waals surface area contributed by atoms with Gasteiger partial charge in [-0.05, 0) is 47.5 Å². The van der Waals surface area contributed by atoms with Crippen LogP contribution in [-0.2, 0) is 16.1 Å². The molecule has 6 nitrogen and oxygen atoms in total. The molecule has 0 unspecified atom stereocenters. The van der Waals surface area contributed by atoms with E-state index < -0.39 is 0 Å². The maximum Gasteiger partial charge on any atom is 0.239 e. The second-order valence-electron chi connectivity index (χ2n) is 9.38. The molecule has 0 bridgehead atoms. The summed E-state index contributed by atoms with van der Waals surface area (Å²) in [5.74, 6) is 0.710. The largest absolute Gasteiger partial charge is 0.467 e. The minimum Gasteiger partial charge on any atom is -0.467 e. The van der Waals surface area contributed by atoms with E-state index in [0.717, 1.165) is 33.9 Å². The SMILES string of the molecule is CC1(C)CC(=O)C2=C(C1)Nc1ccccc1N(CC(=O)NCc1ccco1)[C@@H]2c1cccs1. The van der Waals surface area contributed by atoms with Gasteiger partial charge in [0.2, 0.25) is 5.91 Å². The lowest BCUT2D eigenvalue weighted by Crippen LogP contribution is -2.41. The van der Waals surface area contributed by atoms with Crippen molar-refractivity contribution in [1.29, 1.82) is 0 Å². The van der Waals surface area contributed by atoms with Crippen LogP contribution in [-0.4, -0.2) is 18.2 Å². The molecule has 1 aromatic carbocycles. The van der Waals surface area contributed by atoms with Gasteiger partial charge in [-0.1, -0.05) is 32.0 Å². The van der Waals surface area contributed by atoms with E-state index in [0.29, 0.717) is 18.7 Å². The lowest BCUT2D eigenvalue weighted by molar-refractivity contribution is -0.121. The predicted octanol–water partition coefficient (Wildman–Crippen LogP) is 5.27. The maximum absolute atomic E-state index is 13.5. The van der Waals surface area contributed by atoms with E-state index in [1.54, 1.807) is 23.7 Å². The van der Waals surface area contributed by atoms with Gasteiger partial charge in [0.25, 0.3) is 0 Å². The van der Waals surface area contributed by atoms with E-state index in [1.807, 2.05) is 41.8 Å². The number of nitrogens with zero attached hydrogens (tertiary/aromatic N) is 1. The Morgan fingerprint density at radius 2 is 2.03 bits per heavy atom. The molecule has 0 saturated heterocycles. The van der Waals surface area contributed by atoms with Crippen molar-refractivity contribution in [2.24, 2.45) is 5.41 Å². The molecule has 2 aromatic heterocycles. The number of para-hydroxylation sites is 2. The number of allylic oxidation sites excluding steroid dienone is 1. The van der Waals surface area contributed by atoms with Crippen LogP contribution in [0.25, 0.3) is 0 Å². The molecule has 1 aliphatic heterocycles. The van der Waals surface area contributed by atoms with Crippen LogP contribution in [0.2, 0.25) is 0 Å². The van der Waals surface area contributed by atoms with Gasteiger partial charge in [0.05, 0.1) is 36.8 Å². The number of benzene rings is 1. The fourth-order valence-corrected chi connectivity index (χ4v) is 5.62. The average Bonchev–Trinajstić information content (AvgIpc) is 3.46. The summed E-state index contributed by atoms with van der Waals surface area (Å²) >= 11 is 1.61. The standard InChI is InChI=1S/C26H27N3O3S/c1-26(2)13-19-24(21(30)14-26)25(22-10-6-12-33-22)29(20-9-4-3-8-18(20)28-19)16-23(31)27-15-17-7-5-11-32-17/h3-12,25,28H,13-16H2,1-2H3,(H,27,31)/t25-/m1/s1. The third kappa shape index (κ3) is 4.33. The van der Waals surface area contributed by atoms with Crippen LogP contribution in [0.4, 0.5) is 11.4 Å². The smallest absolute Gasteiger partial charge is 0.239 e. The van der Waals surface area contributed by atoms with E-state index in [1.165, 1.54) is 0 Å². The van der Waals surface area contributed by atoms with E-state index >= 15 is 0 Å². The van der Waals surface area contributed by atoms with E-state index in [9.17, 15) is 9.59 Å². The number of hydrogen-bond donors (Lipinski definition) is 2. The number of nitrogens with one attached hydrogen (secondary N) is 2. The van der Waals surface area contributed by atoms with E-state index in [4.69, 9.17) is 4.42 Å². The third-order valence-corrected chi connectivity index (χ3v) is 7.10. The molecular weight excluding hydrogens is 434 g/mol. The Labute approximate surface area is 197 Å². The predicted molar refractivity (Wildman–Crippen MR) is 130 cm³/mol. The summed E-state index contributed by atoms with van der Waals surface area (Å²) in [6.07, 6.45) is 2.86. The molecule has 170 valence electrons. The van der Waals surface area contributed by atoms with Crippen LogP contribution in [0.5, 0.6) is 0 Å². The number of fused-ring (bicyclic) bond motifs is 1. The van der Waals surface area contributed by atoms with E-state index in [2.05, 4.69) is 35.4 Å². The van der Waals surface area contributed by atoms with Crippen molar-refractivity contribution in [2.75, 3.05) is 16.8 Å². The Morgan fingerprint density at radius 3 is 2.79 bits per heavy atom. The fourth-order valence-electron chi connectivity index (χ4n) is 4.78. The summed E-state index contributed by atoms with van der Waals surface area (Å²) in [5.41, 5.74) is 3.43. The zero-order valence-corrected chi connectivity index (χ0v) is 19.6. The normalized spacial score (nSPS) is 19.4. The van der Waals surface area contributed by atoms with Crippen LogP contribution in [0.3, 0.4) is 0 Å². The number of carbonyl (C=O) groups excluding carboxylic acids is 2. The summed E-state index contributed by atoms with van der Waals surface area (Å²) in [7, 11) is 0. The number of Topliss-reactive ketones (excluding diaryl/α,β-unsaturated/α-hetero) is 1. The Kier molecular flexibility index (Phi) is 5.58. The Hall–Kier alpha value is -3.32. The Balaban J connectivity index is 1.57. The van der Waals surface area contributed by atoms with Gasteiger partial charge in [0.15, 0.2) is 5.78 Å². The summed E-state index contributed by atoms with van der Waals surface area (Å²) in [4.78, 5) is 29.7. The first-order chi connectivity index (χ1) is 15.9. The third-order valence-electron chi connectivity index (χ3n) is 6.17. The molecule has 1 amide bonds. The van der Waals surface area contributed by atoms with Crippen molar-refractivity contribution in [3.8, 4) is 0 Å². The first-order valence-electron chi connectivity index (χ1n) is 11.1. The molecule has 3 heterocycles. The van der Waals surface area contributed by atoms with Crippen molar-refractivity contribution in [3.05, 3.63) is 82.1 Å². The van der Waals surface area contributed by atoms with Gasteiger partial charge in [-0.25, -0.2) is 0 Å². The summed E-state index contributed by atoms with van der Waals surface area (Å²) in [6, 6.07) is 15.3. The zero-order chi connectivity index (χ0) is 23.0. The Morgan fingerprint density at radius 1 is 1.18 bits per heavy atom. The quantitative estimate of drug-likeness (QED) is 0.541. The molecule has 3 aromatic rings. The molecule has 2 N–H and O–H groups in total. The van der Waals surface area contributed by atoms with Gasteiger partial charge < -0.3 is 20.0 Å². The monoisotopic (exact) mass is 461 g/mol. The number of amides is 1. The van der Waals surface area contributed by atoms with E-state index in [-0.39, 0.29) is 29.7 Å². The highest BCUT2D eigenvalue weighted by molar-refractivity contribution is 7.10. The molecule has 1 aliphatic carbocycles. The van der Waals surface area contributed by atoms with Gasteiger partial charge in [0.1, 0.15) is 5.76 Å². The highest BCUT2D eigenvalue weighted by atomic mass is 32.1. The molecule has 0 spiro atoms. The van der Waals surface area contributed by atoms with Crippen LogP contribution in [0, 0.1) is 5.41 Å². The van der Waals surface area contributed by atoms with Gasteiger partial charge in [-0.2, -0.15) is 0 Å². The van der Waals surface area contributed by atoms with Gasteiger partial charge in [-0.15, -0.1) is 11.3 Å². The van der Waals surface area contributed by atoms with Gasteiger partial charge in [0, 0.05) is 22.6 Å². The Bertz CT molecular complexity index is 1200. The highest BCUT2D eigenvalue weighted by Gasteiger charge is 2.42. The zero-order valence-electron chi connectivity index (χ0n) is 18.8. The van der Waals surface area contributed by atoms with Crippen molar-refractivity contribution in [1.82, 2.24) is 5.32 Å². The molecule has 33 heavy (non-hydrogen) atoms. The molecule has 7 heteroatoms. The number of hydrogen-bond acceptors (Lipinski definition) is 6. The highest BCUT2D eigenvalue weighted by Crippen LogP contribution is 2.48. The van der Waals surface area contributed by atoms with Crippen LogP contribution in [0.15, 0.2) is 75.9 Å². The molecular formula is C26H27N3O3S. The molecule has 0 radical (unpaired) electrons. The number of thiophene rings is 1. The first kappa shape index (κ1) is 21.5. The van der Waals surface area contributed by atoms with Crippen LogP contribution >= 0.6 is 11.3 Å². The van der Waals surface area contributed by atoms with Crippen LogP contribution < -0.4 is 15.5 Å². The number of carbonyl (C=O) groups is 2. The number of furan rings is 1. The second-order valence-corrected chi connectivity index (χ2v) is 10.4. The number of anilines is 2. The number of rotatable bonds is 5. The summed E-state index contributed by atoms with van der Waals surface area (Å²) < 4.78 is 5.35. The average molecular weight is 462 g/mol. The molecule has 0 fully saturated rings. The summed E-state index contributed by atoms with van der Waals surface area (Å²) in [5, 5.41) is 8.55. The fraction of sp³-hybridized carbons (Fsp3) is 0.308.